The Kier molecular flexibility index (Phi) is 33.2. The van der Waals surface area contributed by atoms with Crippen LogP contribution >= 0.6 is 27.0 Å². The van der Waals surface area contributed by atoms with Crippen LogP contribution in [-0.2, 0) is 43.4 Å². The molecular formula is C36H74N6O6S4. The summed E-state index contributed by atoms with van der Waals surface area (Å²) in [6.07, 6.45) is 9.74. The van der Waals surface area contributed by atoms with Crippen molar-refractivity contribution in [2.75, 3.05) is 13.2 Å². The fourth-order valence-corrected chi connectivity index (χ4v) is 7.84. The first-order valence-corrected chi connectivity index (χ1v) is 17.4. The van der Waals surface area contributed by atoms with Crippen molar-refractivity contribution in [3.8, 4) is 0 Å². The Labute approximate surface area is 332 Å². The van der Waals surface area contributed by atoms with E-state index in [4.69, 9.17) is 19.0 Å². The zero-order valence-electron chi connectivity index (χ0n) is 27.8. The van der Waals surface area contributed by atoms with Crippen LogP contribution in [0, 0.1) is 21.4 Å². The number of aromatic nitrogens is 2. The molecule has 0 radical (unpaired) electrons. The number of ether oxygens (including phenoxy) is 2. The van der Waals surface area contributed by atoms with E-state index in [1.807, 2.05) is 33.8 Å². The number of aryl methyl sites for hydroxylation is 2. The second-order valence-corrected chi connectivity index (χ2v) is 14.4. The molecule has 4 atom stereocenters. The molecule has 3 heterocycles. The number of nitrogens with zero attached hydrogens (tertiary/aromatic N) is 2. The van der Waals surface area contributed by atoms with Crippen LogP contribution in [-0.4, -0.2) is 54.8 Å². The summed E-state index contributed by atoms with van der Waals surface area (Å²) < 4.78 is 60.7. The maximum Gasteiger partial charge on any atom is 0.355 e. The van der Waals surface area contributed by atoms with E-state index >= 15 is 0 Å². The van der Waals surface area contributed by atoms with Gasteiger partial charge in [-0.2, -0.15) is 27.0 Å². The first-order valence-electron chi connectivity index (χ1n) is 14.2. The second-order valence-electron chi connectivity index (χ2n) is 10.9. The predicted octanol–water partition coefficient (Wildman–Crippen LogP) is 9.17. The van der Waals surface area contributed by atoms with E-state index in [0.717, 1.165) is 0 Å². The minimum atomic E-state index is -3.33. The van der Waals surface area contributed by atoms with Crippen molar-refractivity contribution in [3.63, 3.8) is 0 Å². The van der Waals surface area contributed by atoms with Crippen LogP contribution in [0.15, 0.2) is 47.5 Å². The maximum atomic E-state index is 12.9. The van der Waals surface area contributed by atoms with Gasteiger partial charge in [0, 0.05) is 49.7 Å². The molecule has 0 amide bonds. The molecule has 0 aromatic carbocycles. The van der Waals surface area contributed by atoms with Crippen molar-refractivity contribution in [2.24, 2.45) is 25.9 Å². The summed E-state index contributed by atoms with van der Waals surface area (Å²) in [5.74, 6) is -0.685. The predicted molar refractivity (Wildman–Crippen MR) is 235 cm³/mol. The van der Waals surface area contributed by atoms with Crippen molar-refractivity contribution in [3.05, 3.63) is 60.2 Å². The van der Waals surface area contributed by atoms with Gasteiger partial charge in [-0.3, -0.25) is 0 Å². The van der Waals surface area contributed by atoms with Gasteiger partial charge in [0.1, 0.15) is 31.2 Å². The molecule has 1 aliphatic rings. The van der Waals surface area contributed by atoms with Gasteiger partial charge in [0.05, 0.1) is 23.0 Å². The third-order valence-electron chi connectivity index (χ3n) is 6.89. The Bertz CT molecular complexity index is 1640. The molecule has 12 nitrogen and oxygen atoms in total. The summed E-state index contributed by atoms with van der Waals surface area (Å²) in [7, 11) is -3.17. The summed E-state index contributed by atoms with van der Waals surface area (Å²) in [5.41, 5.74) is 1.42. The van der Waals surface area contributed by atoms with Crippen molar-refractivity contribution in [1.29, 1.82) is 9.56 Å². The number of fused-ring (bicyclic) bond motifs is 1. The van der Waals surface area contributed by atoms with E-state index in [0.29, 0.717) is 21.7 Å². The van der Waals surface area contributed by atoms with Gasteiger partial charge in [0.2, 0.25) is 0 Å². The lowest BCUT2D eigenvalue weighted by molar-refractivity contribution is 0.0505. The molecular weight excluding hydrogens is 741 g/mol. The Balaban J connectivity index is -0.000000135. The van der Waals surface area contributed by atoms with Crippen LogP contribution in [0.25, 0.3) is 12.2 Å². The van der Waals surface area contributed by atoms with E-state index < -0.39 is 31.8 Å². The molecule has 308 valence electrons. The molecule has 0 bridgehead atoms. The Morgan fingerprint density at radius 2 is 1.42 bits per heavy atom. The fourth-order valence-electron chi connectivity index (χ4n) is 4.52. The van der Waals surface area contributed by atoms with E-state index in [1.54, 1.807) is 50.9 Å². The molecule has 1 aliphatic heterocycles. The van der Waals surface area contributed by atoms with Crippen LogP contribution < -0.4 is 9.44 Å². The maximum absolute atomic E-state index is 12.9. The van der Waals surface area contributed by atoms with Crippen LogP contribution in [0.1, 0.15) is 118 Å². The summed E-state index contributed by atoms with van der Waals surface area (Å²) >= 11 is 0. The van der Waals surface area contributed by atoms with Gasteiger partial charge in [-0.15, -0.1) is 6.58 Å². The Morgan fingerprint density at radius 1 is 0.962 bits per heavy atom. The molecule has 2 aromatic heterocycles. The highest BCUT2D eigenvalue weighted by Gasteiger charge is 2.30. The molecule has 0 fully saturated rings. The topological polar surface area (TPSA) is 168 Å². The number of carbonyl (C=O) groups excluding carboxylic acids is 2. The molecule has 4 N–H and O–H groups in total. The second kappa shape index (κ2) is 26.9. The van der Waals surface area contributed by atoms with E-state index in [-0.39, 0.29) is 119 Å². The highest BCUT2D eigenvalue weighted by Crippen LogP contribution is 2.28. The Hall–Kier alpha value is -2.76. The van der Waals surface area contributed by atoms with E-state index in [9.17, 15) is 18.0 Å². The fraction of sp³-hybridized carbons (Fsp3) is 0.556. The van der Waals surface area contributed by atoms with Gasteiger partial charge >= 0.3 is 11.9 Å². The zero-order chi connectivity index (χ0) is 33.6. The minimum Gasteiger partial charge on any atom is -0.461 e. The lowest BCUT2D eigenvalue weighted by atomic mass is 10.0. The number of carbonyl (C=O) groups is 2. The average molecular weight is 815 g/mol. The monoisotopic (exact) mass is 814 g/mol. The molecule has 16 heteroatoms. The van der Waals surface area contributed by atoms with E-state index in [1.165, 1.54) is 16.8 Å². The molecule has 3 rings (SSSR count). The number of nitrogens with one attached hydrogen (secondary N) is 4. The third kappa shape index (κ3) is 14.9. The molecule has 0 saturated carbocycles. The number of hydrogen-bond donors (Lipinski definition) is 4. The normalized spacial score (nSPS) is 16.6. The van der Waals surface area contributed by atoms with Gasteiger partial charge in [0.25, 0.3) is 0 Å². The van der Waals surface area contributed by atoms with E-state index in [2.05, 4.69) is 22.6 Å². The summed E-state index contributed by atoms with van der Waals surface area (Å²) in [4.78, 5) is 24.7. The molecule has 0 aliphatic carbocycles. The molecule has 52 heavy (non-hydrogen) atoms. The van der Waals surface area contributed by atoms with Gasteiger partial charge in [0.15, 0.2) is 0 Å². The highest BCUT2D eigenvalue weighted by atomic mass is 32.2. The first-order chi connectivity index (χ1) is 20.5. The SMILES string of the molecule is C.C.C.C.C.C.C=Cc1c(S(=N)(=O)NC(C=C)C(C)C)cn(C)c1C(=O)OCC.CCOC(=O)c1c2c(cn1C)S(=N)(=O)N[C@@H](C(C)C)C=C2.S.S. The first kappa shape index (κ1) is 64.2. The summed E-state index contributed by atoms with van der Waals surface area (Å²) in [5, 5.41) is 0. The Morgan fingerprint density at radius 3 is 1.83 bits per heavy atom. The van der Waals surface area contributed by atoms with Gasteiger partial charge in [-0.05, 0) is 25.7 Å². The highest BCUT2D eigenvalue weighted by molar-refractivity contribution is 7.91. The number of rotatable bonds is 11. The standard InChI is InChI=1S/C16H25N3O3S.C14H21N3O3S.6CH4.2H2S/c1-7-12-14(10-19(6)15(12)16(20)22-9-3)23(17,21)18-13(8-2)11(4)5;1-5-20-14(18)13-10-6-7-11(9(2)3)16-21(15,19)12(10)8-17(13)4;;;;;;;;/h7-8,10-11,13H,1-2,9H2,3-6H3,(H2,17,18,21);6-9,11H,5H2,1-4H3,(H2,15,16,19);6*1H4;2*1H2/t;11-,21?;;;;;;;;/m.1......../s1. The van der Waals surface area contributed by atoms with Gasteiger partial charge in [-0.25, -0.2) is 37.0 Å². The third-order valence-corrected chi connectivity index (χ3v) is 9.99. The van der Waals surface area contributed by atoms with Crippen LogP contribution in [0.5, 0.6) is 0 Å². The lowest BCUT2D eigenvalue weighted by Gasteiger charge is -2.20. The zero-order valence-corrected chi connectivity index (χ0v) is 31.4. The summed E-state index contributed by atoms with van der Waals surface area (Å²) in [6, 6.07) is -0.466. The van der Waals surface area contributed by atoms with Gasteiger partial charge in [-0.1, -0.05) is 103 Å². The minimum absolute atomic E-state index is 0. The van der Waals surface area contributed by atoms with Crippen LogP contribution in [0.2, 0.25) is 0 Å². The largest absolute Gasteiger partial charge is 0.461 e. The quantitative estimate of drug-likeness (QED) is 0.130. The van der Waals surface area contributed by atoms with Crippen molar-refractivity contribution >= 4 is 70.9 Å². The summed E-state index contributed by atoms with van der Waals surface area (Å²) in [6.45, 7) is 19.2. The van der Waals surface area contributed by atoms with Crippen molar-refractivity contribution in [2.45, 2.75) is 108 Å². The van der Waals surface area contributed by atoms with Crippen molar-refractivity contribution in [1.82, 2.24) is 18.6 Å². The molecule has 2 aromatic rings. The average Bonchev–Trinajstić information content (AvgIpc) is 3.43. The van der Waals surface area contributed by atoms with Gasteiger partial charge < -0.3 is 18.6 Å². The molecule has 0 spiro atoms. The number of hydrogen-bond acceptors (Lipinski definition) is 8. The lowest BCUT2D eigenvalue weighted by Crippen LogP contribution is -2.36. The molecule has 0 saturated heterocycles. The van der Waals surface area contributed by atoms with Crippen molar-refractivity contribution < 1.29 is 27.5 Å². The van der Waals surface area contributed by atoms with Crippen LogP contribution in [0.4, 0.5) is 0 Å². The van der Waals surface area contributed by atoms with Crippen LogP contribution in [0.3, 0.4) is 0 Å². The number of esters is 2. The molecule has 3 unspecified atom stereocenters. The smallest absolute Gasteiger partial charge is 0.355 e.